The highest BCUT2D eigenvalue weighted by molar-refractivity contribution is 6.30. The zero-order valence-electron chi connectivity index (χ0n) is 18.2. The second kappa shape index (κ2) is 9.63. The van der Waals surface area contributed by atoms with Crippen LogP contribution in [-0.4, -0.2) is 26.8 Å². The van der Waals surface area contributed by atoms with E-state index in [0.29, 0.717) is 40.8 Å². The smallest absolute Gasteiger partial charge is 0.295 e. The van der Waals surface area contributed by atoms with Crippen molar-refractivity contribution in [3.05, 3.63) is 88.7 Å². The molecule has 2 aromatic heterocycles. The van der Waals surface area contributed by atoms with Crippen LogP contribution in [0.25, 0.3) is 11.1 Å². The fourth-order valence-corrected chi connectivity index (χ4v) is 4.59. The minimum Gasteiger partial charge on any atom is -0.424 e. The Bertz CT molecular complexity index is 1250. The number of aromatic nitrogens is 2. The molecule has 2 heterocycles. The Labute approximate surface area is 197 Å². The molecule has 1 aliphatic rings. The normalized spacial score (nSPS) is 14.0. The van der Waals surface area contributed by atoms with Gasteiger partial charge in [-0.3, -0.25) is 9.78 Å². The summed E-state index contributed by atoms with van der Waals surface area (Å²) in [5.74, 6) is 0.00545. The molecule has 7 heteroatoms. The lowest BCUT2D eigenvalue weighted by Crippen LogP contribution is -2.38. The number of rotatable bonds is 7. The van der Waals surface area contributed by atoms with Crippen LogP contribution < -0.4 is 5.32 Å². The molecule has 5 rings (SSSR count). The third-order valence-corrected chi connectivity index (χ3v) is 6.29. The third kappa shape index (κ3) is 5.01. The average molecular weight is 461 g/mol. The lowest BCUT2D eigenvalue weighted by atomic mass is 10.1. The fourth-order valence-electron chi connectivity index (χ4n) is 4.38. The van der Waals surface area contributed by atoms with E-state index in [4.69, 9.17) is 16.0 Å². The van der Waals surface area contributed by atoms with Gasteiger partial charge in [0.2, 0.25) is 0 Å². The van der Waals surface area contributed by atoms with E-state index in [1.165, 1.54) is 0 Å². The maximum absolute atomic E-state index is 13.5. The van der Waals surface area contributed by atoms with Gasteiger partial charge < -0.3 is 14.6 Å². The van der Waals surface area contributed by atoms with Crippen LogP contribution in [0, 0.1) is 0 Å². The monoisotopic (exact) mass is 460 g/mol. The second-order valence-electron chi connectivity index (χ2n) is 8.38. The van der Waals surface area contributed by atoms with Gasteiger partial charge in [0.05, 0.1) is 12.2 Å². The van der Waals surface area contributed by atoms with Crippen LogP contribution in [-0.2, 0) is 13.1 Å². The van der Waals surface area contributed by atoms with Gasteiger partial charge in [-0.15, -0.1) is 0 Å². The van der Waals surface area contributed by atoms with E-state index in [9.17, 15) is 4.79 Å². The molecule has 33 heavy (non-hydrogen) atoms. The summed E-state index contributed by atoms with van der Waals surface area (Å²) in [5, 5.41) is 3.87. The summed E-state index contributed by atoms with van der Waals surface area (Å²) in [5.41, 5.74) is 3.83. The Morgan fingerprint density at radius 1 is 1.09 bits per heavy atom. The predicted molar refractivity (Wildman–Crippen MR) is 129 cm³/mol. The van der Waals surface area contributed by atoms with Gasteiger partial charge in [0.15, 0.2) is 5.58 Å². The number of hydrogen-bond acceptors (Lipinski definition) is 5. The van der Waals surface area contributed by atoms with Crippen molar-refractivity contribution in [3.63, 3.8) is 0 Å². The summed E-state index contributed by atoms with van der Waals surface area (Å²) in [7, 11) is 0. The number of carbonyl (C=O) groups is 1. The van der Waals surface area contributed by atoms with Gasteiger partial charge in [-0.1, -0.05) is 42.6 Å². The van der Waals surface area contributed by atoms with Gasteiger partial charge in [0.1, 0.15) is 5.52 Å². The summed E-state index contributed by atoms with van der Waals surface area (Å²) < 4.78 is 5.82. The zero-order valence-corrected chi connectivity index (χ0v) is 19.0. The summed E-state index contributed by atoms with van der Waals surface area (Å²) in [6.07, 6.45) is 6.14. The Kier molecular flexibility index (Phi) is 6.26. The highest BCUT2D eigenvalue weighted by Crippen LogP contribution is 2.28. The summed E-state index contributed by atoms with van der Waals surface area (Å²) >= 11 is 6.05. The molecular formula is C26H25ClN4O2. The molecule has 0 aliphatic heterocycles. The molecule has 0 saturated heterocycles. The lowest BCUT2D eigenvalue weighted by Gasteiger charge is -2.29. The zero-order chi connectivity index (χ0) is 22.6. The van der Waals surface area contributed by atoms with E-state index >= 15 is 0 Å². The number of oxazole rings is 1. The van der Waals surface area contributed by atoms with Crippen LogP contribution in [0.15, 0.2) is 71.3 Å². The van der Waals surface area contributed by atoms with E-state index < -0.39 is 0 Å². The summed E-state index contributed by atoms with van der Waals surface area (Å²) in [4.78, 5) is 24.5. The van der Waals surface area contributed by atoms with Gasteiger partial charge >= 0.3 is 0 Å². The summed E-state index contributed by atoms with van der Waals surface area (Å²) in [6.45, 7) is 1.05. The molecule has 2 aromatic carbocycles. The molecular weight excluding hydrogens is 436 g/mol. The Morgan fingerprint density at radius 2 is 1.97 bits per heavy atom. The molecule has 0 bridgehead atoms. The van der Waals surface area contributed by atoms with Crippen LogP contribution in [0.3, 0.4) is 0 Å². The van der Waals surface area contributed by atoms with Crippen molar-refractivity contribution < 1.29 is 9.21 Å². The molecule has 4 aromatic rings. The molecule has 6 nitrogen and oxygen atoms in total. The average Bonchev–Trinajstić information content (AvgIpc) is 3.51. The highest BCUT2D eigenvalue weighted by Gasteiger charge is 2.28. The van der Waals surface area contributed by atoms with Crippen LogP contribution in [0.5, 0.6) is 0 Å². The topological polar surface area (TPSA) is 71.3 Å². The number of hydrogen-bond donors (Lipinski definition) is 1. The van der Waals surface area contributed by atoms with Crippen LogP contribution in [0.2, 0.25) is 5.02 Å². The first kappa shape index (κ1) is 21.5. The Morgan fingerprint density at radius 3 is 2.76 bits per heavy atom. The van der Waals surface area contributed by atoms with Gasteiger partial charge in [0.25, 0.3) is 11.9 Å². The molecule has 1 N–H and O–H groups in total. The lowest BCUT2D eigenvalue weighted by molar-refractivity contribution is 0.0662. The first-order chi connectivity index (χ1) is 16.2. The molecule has 0 radical (unpaired) electrons. The SMILES string of the molecule is O=C(c1ccc2oc(NCc3cccc(Cl)c3)nc2c1)N(Cc1ccccn1)C1CCCC1. The van der Waals surface area contributed by atoms with Crippen LogP contribution in [0.4, 0.5) is 6.01 Å². The van der Waals surface area contributed by atoms with Gasteiger partial charge in [-0.25, -0.2) is 0 Å². The molecule has 0 spiro atoms. The Balaban J connectivity index is 1.35. The number of fused-ring (bicyclic) bond motifs is 1. The number of pyridine rings is 1. The van der Waals surface area contributed by atoms with E-state index in [-0.39, 0.29) is 11.9 Å². The largest absolute Gasteiger partial charge is 0.424 e. The molecule has 1 amide bonds. The fraction of sp³-hybridized carbons (Fsp3) is 0.269. The minimum absolute atomic E-state index is 0.00545. The minimum atomic E-state index is 0.00545. The molecule has 0 atom stereocenters. The van der Waals surface area contributed by atoms with Gasteiger partial charge in [-0.05, 0) is 60.9 Å². The van der Waals surface area contributed by atoms with Crippen molar-refractivity contribution in [2.45, 2.75) is 44.8 Å². The van der Waals surface area contributed by atoms with Crippen molar-refractivity contribution in [2.75, 3.05) is 5.32 Å². The number of anilines is 1. The predicted octanol–water partition coefficient (Wildman–Crippen LogP) is 6.07. The molecule has 0 unspecified atom stereocenters. The number of nitrogens with one attached hydrogen (secondary N) is 1. The van der Waals surface area contributed by atoms with Crippen molar-refractivity contribution in [1.29, 1.82) is 0 Å². The Hall–Kier alpha value is -3.38. The quantitative estimate of drug-likeness (QED) is 0.362. The molecule has 1 aliphatic carbocycles. The van der Waals surface area contributed by atoms with Crippen LogP contribution >= 0.6 is 11.6 Å². The standard InChI is InChI=1S/C26H25ClN4O2/c27-20-7-5-6-18(14-20)16-29-26-30-23-15-19(11-12-24(23)33-26)25(32)31(22-9-1-2-10-22)17-21-8-3-4-13-28-21/h3-8,11-15,22H,1-2,9-10,16-17H2,(H,29,30). The number of carbonyl (C=O) groups excluding carboxylic acids is 1. The van der Waals surface area contributed by atoms with E-state index in [2.05, 4.69) is 15.3 Å². The summed E-state index contributed by atoms with van der Waals surface area (Å²) in [6, 6.07) is 19.5. The molecule has 1 saturated carbocycles. The molecule has 168 valence electrons. The highest BCUT2D eigenvalue weighted by atomic mass is 35.5. The van der Waals surface area contributed by atoms with E-state index in [0.717, 1.165) is 36.9 Å². The van der Waals surface area contributed by atoms with Crippen molar-refractivity contribution in [2.24, 2.45) is 0 Å². The third-order valence-electron chi connectivity index (χ3n) is 6.05. The van der Waals surface area contributed by atoms with E-state index in [1.54, 1.807) is 6.20 Å². The first-order valence-electron chi connectivity index (χ1n) is 11.3. The second-order valence-corrected chi connectivity index (χ2v) is 8.81. The molecule has 1 fully saturated rings. The van der Waals surface area contributed by atoms with E-state index in [1.807, 2.05) is 65.6 Å². The van der Waals surface area contributed by atoms with Crippen molar-refractivity contribution >= 4 is 34.6 Å². The maximum atomic E-state index is 13.5. The van der Waals surface area contributed by atoms with Crippen LogP contribution in [0.1, 0.15) is 47.3 Å². The first-order valence-corrected chi connectivity index (χ1v) is 11.6. The van der Waals surface area contributed by atoms with Crippen molar-refractivity contribution in [3.8, 4) is 0 Å². The van der Waals surface area contributed by atoms with Crippen molar-refractivity contribution in [1.82, 2.24) is 14.9 Å². The number of amides is 1. The number of nitrogens with zero attached hydrogens (tertiary/aromatic N) is 3. The van der Waals surface area contributed by atoms with Gasteiger partial charge in [0, 0.05) is 29.4 Å². The number of halogens is 1. The maximum Gasteiger partial charge on any atom is 0.295 e. The number of benzene rings is 2. The van der Waals surface area contributed by atoms with Gasteiger partial charge in [-0.2, -0.15) is 4.98 Å².